The van der Waals surface area contributed by atoms with E-state index in [1.54, 1.807) is 0 Å². The Hall–Kier alpha value is -1.63. The summed E-state index contributed by atoms with van der Waals surface area (Å²) < 4.78 is 1.96. The van der Waals surface area contributed by atoms with Crippen LogP contribution in [0.4, 0.5) is 0 Å². The first-order chi connectivity index (χ1) is 12.5. The zero-order valence-electron chi connectivity index (χ0n) is 15.4. The number of rotatable bonds is 5. The molecule has 1 N–H and O–H groups in total. The number of hydrogen-bond donors (Lipinski definition) is 1. The van der Waals surface area contributed by atoms with E-state index in [0.29, 0.717) is 0 Å². The average molecular weight is 392 g/mol. The number of halogens is 1. The predicted octanol–water partition coefficient (Wildman–Crippen LogP) is 3.06. The van der Waals surface area contributed by atoms with Crippen molar-refractivity contribution in [2.45, 2.75) is 33.5 Å². The smallest absolute Gasteiger partial charge is 0.169 e. The molecule has 26 heavy (non-hydrogen) atoms. The number of piperazine rings is 1. The van der Waals surface area contributed by atoms with Gasteiger partial charge in [0.1, 0.15) is 0 Å². The summed E-state index contributed by atoms with van der Waals surface area (Å²) in [7, 11) is 0. The Morgan fingerprint density at radius 2 is 2.04 bits per heavy atom. The lowest BCUT2D eigenvalue weighted by Crippen LogP contribution is -2.51. The molecule has 1 saturated heterocycles. The molecule has 7 heteroatoms. The Balaban J connectivity index is 1.45. The van der Waals surface area contributed by atoms with Crippen LogP contribution >= 0.6 is 23.8 Å². The third-order valence-electron chi connectivity index (χ3n) is 4.76. The quantitative estimate of drug-likeness (QED) is 0.793. The third-order valence-corrected chi connectivity index (χ3v) is 5.39. The van der Waals surface area contributed by atoms with Gasteiger partial charge in [-0.25, -0.2) is 0 Å². The van der Waals surface area contributed by atoms with E-state index in [9.17, 15) is 0 Å². The highest BCUT2D eigenvalue weighted by Crippen LogP contribution is 2.14. The monoisotopic (exact) mass is 391 g/mol. The number of nitrogens with zero attached hydrogens (tertiary/aromatic N) is 4. The molecule has 1 aliphatic rings. The topological polar surface area (TPSA) is 36.3 Å². The summed E-state index contributed by atoms with van der Waals surface area (Å²) in [6.45, 7) is 10.6. The van der Waals surface area contributed by atoms with Crippen molar-refractivity contribution in [3.05, 3.63) is 52.3 Å². The minimum atomic E-state index is 0.730. The normalized spacial score (nSPS) is 15.3. The van der Waals surface area contributed by atoms with Crippen LogP contribution in [0.2, 0.25) is 5.02 Å². The van der Waals surface area contributed by atoms with Crippen LogP contribution in [-0.2, 0) is 19.6 Å². The van der Waals surface area contributed by atoms with Crippen molar-refractivity contribution in [3.63, 3.8) is 0 Å². The largest absolute Gasteiger partial charge is 0.358 e. The van der Waals surface area contributed by atoms with E-state index in [1.165, 1.54) is 11.1 Å². The lowest BCUT2D eigenvalue weighted by atomic mass is 10.2. The second kappa shape index (κ2) is 8.84. The molecular formula is C19H26ClN5S. The van der Waals surface area contributed by atoms with E-state index >= 15 is 0 Å². The fraction of sp³-hybridized carbons (Fsp3) is 0.474. The van der Waals surface area contributed by atoms with Gasteiger partial charge in [-0.15, -0.1) is 0 Å². The number of thiocarbonyl (C=S) groups is 1. The maximum absolute atomic E-state index is 6.08. The van der Waals surface area contributed by atoms with Gasteiger partial charge in [-0.2, -0.15) is 5.10 Å². The van der Waals surface area contributed by atoms with Crippen LogP contribution in [-0.4, -0.2) is 50.9 Å². The third kappa shape index (κ3) is 4.96. The summed E-state index contributed by atoms with van der Waals surface area (Å²) in [6.07, 6.45) is 2.09. The number of hydrogen-bond acceptors (Lipinski definition) is 3. The van der Waals surface area contributed by atoms with Crippen molar-refractivity contribution in [2.75, 3.05) is 26.2 Å². The first-order valence-corrected chi connectivity index (χ1v) is 9.86. The van der Waals surface area contributed by atoms with Crippen LogP contribution in [0.1, 0.15) is 23.7 Å². The van der Waals surface area contributed by atoms with Gasteiger partial charge in [0.15, 0.2) is 5.11 Å². The van der Waals surface area contributed by atoms with Crippen molar-refractivity contribution in [2.24, 2.45) is 0 Å². The molecule has 0 saturated carbocycles. The summed E-state index contributed by atoms with van der Waals surface area (Å²) in [4.78, 5) is 4.70. The van der Waals surface area contributed by atoms with Crippen molar-refractivity contribution in [3.8, 4) is 0 Å². The van der Waals surface area contributed by atoms with Gasteiger partial charge >= 0.3 is 0 Å². The molecule has 1 aromatic heterocycles. The first-order valence-electron chi connectivity index (χ1n) is 9.07. The van der Waals surface area contributed by atoms with Crippen molar-refractivity contribution >= 4 is 28.9 Å². The summed E-state index contributed by atoms with van der Waals surface area (Å²) in [5, 5.41) is 9.50. The van der Waals surface area contributed by atoms with Crippen LogP contribution in [0.5, 0.6) is 0 Å². The Morgan fingerprint density at radius 3 is 2.69 bits per heavy atom. The molecule has 2 heterocycles. The second-order valence-corrected chi connectivity index (χ2v) is 7.47. The van der Waals surface area contributed by atoms with Crippen molar-refractivity contribution in [1.29, 1.82) is 0 Å². The summed E-state index contributed by atoms with van der Waals surface area (Å²) in [6, 6.07) is 8.09. The minimum Gasteiger partial charge on any atom is -0.358 e. The SMILES string of the molecule is CCn1cc(CNC(=S)N2CCN(Cc3cccc(Cl)c3)CC2)c(C)n1. The van der Waals surface area contributed by atoms with E-state index in [-0.39, 0.29) is 0 Å². The molecule has 2 aromatic rings. The number of aromatic nitrogens is 2. The molecule has 0 radical (unpaired) electrons. The molecule has 0 aliphatic carbocycles. The van der Waals surface area contributed by atoms with E-state index < -0.39 is 0 Å². The molecule has 0 spiro atoms. The van der Waals surface area contributed by atoms with Crippen LogP contribution in [0.3, 0.4) is 0 Å². The van der Waals surface area contributed by atoms with Gasteiger partial charge in [0.25, 0.3) is 0 Å². The van der Waals surface area contributed by atoms with Gasteiger partial charge in [-0.1, -0.05) is 23.7 Å². The van der Waals surface area contributed by atoms with Crippen LogP contribution in [0, 0.1) is 6.92 Å². The van der Waals surface area contributed by atoms with E-state index in [2.05, 4.69) is 39.4 Å². The molecule has 5 nitrogen and oxygen atoms in total. The second-order valence-electron chi connectivity index (χ2n) is 6.65. The highest BCUT2D eigenvalue weighted by Gasteiger charge is 2.19. The minimum absolute atomic E-state index is 0.730. The number of nitrogens with one attached hydrogen (secondary N) is 1. The Labute approximate surface area is 165 Å². The van der Waals surface area contributed by atoms with Gasteiger partial charge < -0.3 is 10.2 Å². The van der Waals surface area contributed by atoms with Gasteiger partial charge in [0.2, 0.25) is 0 Å². The maximum Gasteiger partial charge on any atom is 0.169 e. The summed E-state index contributed by atoms with van der Waals surface area (Å²) in [5.74, 6) is 0. The molecule has 140 valence electrons. The number of aryl methyl sites for hydroxylation is 2. The predicted molar refractivity (Wildman–Crippen MR) is 110 cm³/mol. The molecule has 1 aromatic carbocycles. The standard InChI is InChI=1S/C19H26ClN5S/c1-3-25-14-17(15(2)22-25)12-21-19(26)24-9-7-23(8-10-24)13-16-5-4-6-18(20)11-16/h4-6,11,14H,3,7-10,12-13H2,1-2H3,(H,21,26). The highest BCUT2D eigenvalue weighted by atomic mass is 35.5. The van der Waals surface area contributed by atoms with Gasteiger partial charge in [-0.05, 0) is 43.8 Å². The molecule has 3 rings (SSSR count). The van der Waals surface area contributed by atoms with Gasteiger partial charge in [-0.3, -0.25) is 9.58 Å². The van der Waals surface area contributed by atoms with Crippen molar-refractivity contribution in [1.82, 2.24) is 24.9 Å². The lowest BCUT2D eigenvalue weighted by Gasteiger charge is -2.36. The number of benzene rings is 1. The van der Waals surface area contributed by atoms with Gasteiger partial charge in [0, 0.05) is 62.6 Å². The maximum atomic E-state index is 6.08. The van der Waals surface area contributed by atoms with Crippen LogP contribution in [0.25, 0.3) is 0 Å². The van der Waals surface area contributed by atoms with E-state index in [4.69, 9.17) is 23.8 Å². The van der Waals surface area contributed by atoms with Crippen LogP contribution in [0.15, 0.2) is 30.5 Å². The zero-order chi connectivity index (χ0) is 18.5. The molecule has 1 aliphatic heterocycles. The van der Waals surface area contributed by atoms with E-state index in [1.807, 2.05) is 29.8 Å². The fourth-order valence-corrected chi connectivity index (χ4v) is 3.65. The fourth-order valence-electron chi connectivity index (χ4n) is 3.18. The Morgan fingerprint density at radius 1 is 1.27 bits per heavy atom. The molecular weight excluding hydrogens is 366 g/mol. The van der Waals surface area contributed by atoms with Crippen molar-refractivity contribution < 1.29 is 0 Å². The van der Waals surface area contributed by atoms with E-state index in [0.717, 1.165) is 61.6 Å². The molecule has 1 fully saturated rings. The Bertz CT molecular complexity index is 752. The summed E-state index contributed by atoms with van der Waals surface area (Å²) in [5.41, 5.74) is 3.53. The summed E-state index contributed by atoms with van der Waals surface area (Å²) >= 11 is 11.7. The zero-order valence-corrected chi connectivity index (χ0v) is 17.0. The molecule has 0 atom stereocenters. The Kier molecular flexibility index (Phi) is 6.51. The highest BCUT2D eigenvalue weighted by molar-refractivity contribution is 7.80. The molecule has 0 unspecified atom stereocenters. The van der Waals surface area contributed by atoms with Crippen LogP contribution < -0.4 is 5.32 Å². The van der Waals surface area contributed by atoms with Gasteiger partial charge in [0.05, 0.1) is 5.69 Å². The molecule has 0 amide bonds. The molecule has 0 bridgehead atoms. The first kappa shape index (κ1) is 19.1. The average Bonchev–Trinajstić information content (AvgIpc) is 3.00. The lowest BCUT2D eigenvalue weighted by molar-refractivity contribution is 0.174.